The summed E-state index contributed by atoms with van der Waals surface area (Å²) in [5.41, 5.74) is 0.813. The lowest BCUT2D eigenvalue weighted by atomic mass is 10.1. The number of aromatic nitrogens is 3. The van der Waals surface area contributed by atoms with E-state index in [1.165, 1.54) is 4.68 Å². The van der Waals surface area contributed by atoms with E-state index in [0.717, 1.165) is 22.3 Å². The summed E-state index contributed by atoms with van der Waals surface area (Å²) in [6.45, 7) is 0.654. The second-order valence-electron chi connectivity index (χ2n) is 6.22. The topological polar surface area (TPSA) is 97.2 Å². The van der Waals surface area contributed by atoms with Crippen molar-refractivity contribution in [3.63, 3.8) is 0 Å². The summed E-state index contributed by atoms with van der Waals surface area (Å²) in [5, 5.41) is 15.3. The molecule has 0 aliphatic rings. The van der Waals surface area contributed by atoms with Crippen LogP contribution in [0.15, 0.2) is 64.3 Å². The molecule has 2 N–H and O–H groups in total. The van der Waals surface area contributed by atoms with Crippen LogP contribution >= 0.6 is 11.3 Å². The monoisotopic (exact) mass is 395 g/mol. The summed E-state index contributed by atoms with van der Waals surface area (Å²) in [6.07, 6.45) is 2.14. The number of hydrogen-bond acceptors (Lipinski definition) is 6. The lowest BCUT2D eigenvalue weighted by molar-refractivity contribution is 0.288. The van der Waals surface area contributed by atoms with Crippen molar-refractivity contribution in [3.8, 4) is 11.6 Å². The van der Waals surface area contributed by atoms with Gasteiger partial charge < -0.3 is 9.84 Å². The lowest BCUT2D eigenvalue weighted by Gasteiger charge is -2.09. The van der Waals surface area contributed by atoms with E-state index in [0.29, 0.717) is 35.6 Å². The van der Waals surface area contributed by atoms with Gasteiger partial charge in [0.15, 0.2) is 0 Å². The number of rotatable bonds is 6. The molecule has 0 radical (unpaired) electrons. The zero-order valence-corrected chi connectivity index (χ0v) is 15.6. The van der Waals surface area contributed by atoms with E-state index in [1.54, 1.807) is 12.3 Å². The maximum absolute atomic E-state index is 12.4. The van der Waals surface area contributed by atoms with Gasteiger partial charge in [0.2, 0.25) is 5.88 Å². The molecule has 4 rings (SSSR count). The van der Waals surface area contributed by atoms with Crippen LogP contribution in [0.5, 0.6) is 11.6 Å². The number of aromatic hydroxyl groups is 1. The highest BCUT2D eigenvalue weighted by atomic mass is 32.1. The van der Waals surface area contributed by atoms with Crippen molar-refractivity contribution in [1.82, 2.24) is 14.8 Å². The van der Waals surface area contributed by atoms with Crippen molar-refractivity contribution in [2.24, 2.45) is 0 Å². The second kappa shape index (κ2) is 7.69. The number of nitrogens with zero attached hydrogens (tertiary/aromatic N) is 2. The quantitative estimate of drug-likeness (QED) is 0.523. The Labute approximate surface area is 163 Å². The first-order valence-electron chi connectivity index (χ1n) is 8.68. The minimum Gasteiger partial charge on any atom is -0.494 e. The molecule has 0 aliphatic heterocycles. The molecule has 0 unspecified atom stereocenters. The van der Waals surface area contributed by atoms with Crippen LogP contribution in [0.1, 0.15) is 10.4 Å². The highest BCUT2D eigenvalue weighted by Crippen LogP contribution is 2.21. The number of aromatic amines is 1. The second-order valence-corrected chi connectivity index (χ2v) is 7.28. The van der Waals surface area contributed by atoms with Crippen molar-refractivity contribution >= 4 is 22.1 Å². The standard InChI is InChI=1S/C20H17N3O4S/c24-18-17(28-20(26)22-18)11-13-5-7-15(8-6-13)27-10-9-23-19(25)16-4-2-1-3-14(16)12-21-23/h1-8,12,24H,9-11H2,(H,22,26). The Morgan fingerprint density at radius 2 is 1.89 bits per heavy atom. The van der Waals surface area contributed by atoms with E-state index >= 15 is 0 Å². The Hall–Kier alpha value is -3.39. The Balaban J connectivity index is 1.38. The number of ether oxygens (including phenoxy) is 1. The van der Waals surface area contributed by atoms with Gasteiger partial charge >= 0.3 is 4.87 Å². The SMILES string of the molecule is O=c1[nH]c(O)c(Cc2ccc(OCCn3ncc4ccccc4c3=O)cc2)s1. The first-order chi connectivity index (χ1) is 13.6. The molecule has 0 amide bonds. The first kappa shape index (κ1) is 18.0. The van der Waals surface area contributed by atoms with E-state index in [2.05, 4.69) is 10.1 Å². The highest BCUT2D eigenvalue weighted by Gasteiger charge is 2.08. The molecular formula is C20H17N3O4S. The van der Waals surface area contributed by atoms with Crippen LogP contribution in [0, 0.1) is 0 Å². The Kier molecular flexibility index (Phi) is 4.94. The third-order valence-electron chi connectivity index (χ3n) is 4.32. The van der Waals surface area contributed by atoms with Gasteiger partial charge in [-0.3, -0.25) is 14.6 Å². The average Bonchev–Trinajstić information content (AvgIpc) is 3.02. The number of hydrogen-bond donors (Lipinski definition) is 2. The van der Waals surface area contributed by atoms with Crippen LogP contribution in [-0.4, -0.2) is 26.5 Å². The molecule has 0 saturated carbocycles. The molecule has 8 heteroatoms. The first-order valence-corrected chi connectivity index (χ1v) is 9.49. The molecular weight excluding hydrogens is 378 g/mol. The van der Waals surface area contributed by atoms with Gasteiger partial charge in [-0.2, -0.15) is 5.10 Å². The van der Waals surface area contributed by atoms with Gasteiger partial charge in [-0.25, -0.2) is 4.68 Å². The molecule has 2 aromatic heterocycles. The maximum Gasteiger partial charge on any atom is 0.307 e. The minimum absolute atomic E-state index is 0.0800. The fourth-order valence-electron chi connectivity index (χ4n) is 2.90. The third kappa shape index (κ3) is 3.81. The van der Waals surface area contributed by atoms with Crippen molar-refractivity contribution in [3.05, 3.63) is 85.2 Å². The van der Waals surface area contributed by atoms with E-state index < -0.39 is 0 Å². The predicted molar refractivity (Wildman–Crippen MR) is 107 cm³/mol. The largest absolute Gasteiger partial charge is 0.494 e. The number of benzene rings is 2. The Bertz CT molecular complexity index is 1220. The average molecular weight is 395 g/mol. The van der Waals surface area contributed by atoms with Gasteiger partial charge in [-0.05, 0) is 23.8 Å². The summed E-state index contributed by atoms with van der Waals surface area (Å²) in [5.74, 6) is 0.590. The maximum atomic E-state index is 12.4. The molecule has 4 aromatic rings. The van der Waals surface area contributed by atoms with E-state index in [9.17, 15) is 14.7 Å². The smallest absolute Gasteiger partial charge is 0.307 e. The van der Waals surface area contributed by atoms with Crippen molar-refractivity contribution in [2.45, 2.75) is 13.0 Å². The van der Waals surface area contributed by atoms with Crippen molar-refractivity contribution < 1.29 is 9.84 Å². The van der Waals surface area contributed by atoms with Gasteiger partial charge in [0.1, 0.15) is 12.4 Å². The number of H-pyrrole nitrogens is 1. The summed E-state index contributed by atoms with van der Waals surface area (Å²) in [4.78, 5) is 26.3. The summed E-state index contributed by atoms with van der Waals surface area (Å²) < 4.78 is 7.10. The molecule has 7 nitrogen and oxygen atoms in total. The van der Waals surface area contributed by atoms with Crippen molar-refractivity contribution in [1.29, 1.82) is 0 Å². The molecule has 0 bridgehead atoms. The minimum atomic E-state index is -0.273. The lowest BCUT2D eigenvalue weighted by Crippen LogP contribution is -2.25. The molecule has 142 valence electrons. The van der Waals surface area contributed by atoms with E-state index in [4.69, 9.17) is 4.74 Å². The van der Waals surface area contributed by atoms with E-state index in [-0.39, 0.29) is 16.3 Å². The van der Waals surface area contributed by atoms with Crippen LogP contribution in [0.25, 0.3) is 10.8 Å². The molecule has 0 fully saturated rings. The predicted octanol–water partition coefficient (Wildman–Crippen LogP) is 2.52. The molecule has 0 saturated heterocycles. The zero-order valence-electron chi connectivity index (χ0n) is 14.8. The number of fused-ring (bicyclic) bond motifs is 1. The van der Waals surface area contributed by atoms with Gasteiger partial charge in [0.25, 0.3) is 5.56 Å². The fraction of sp³-hybridized carbons (Fsp3) is 0.150. The van der Waals surface area contributed by atoms with Gasteiger partial charge in [0.05, 0.1) is 23.0 Å². The normalized spacial score (nSPS) is 11.0. The third-order valence-corrected chi connectivity index (χ3v) is 5.19. The molecule has 28 heavy (non-hydrogen) atoms. The highest BCUT2D eigenvalue weighted by molar-refractivity contribution is 7.09. The Morgan fingerprint density at radius 3 is 2.64 bits per heavy atom. The molecule has 0 aliphatic carbocycles. The summed E-state index contributed by atoms with van der Waals surface area (Å²) >= 11 is 0.995. The van der Waals surface area contributed by atoms with Gasteiger partial charge in [-0.15, -0.1) is 0 Å². The summed E-state index contributed by atoms with van der Waals surface area (Å²) in [6, 6.07) is 14.7. The zero-order chi connectivity index (χ0) is 19.5. The number of nitrogens with one attached hydrogen (secondary N) is 1. The fourth-order valence-corrected chi connectivity index (χ4v) is 3.66. The Morgan fingerprint density at radius 1 is 1.11 bits per heavy atom. The van der Waals surface area contributed by atoms with Crippen LogP contribution in [0.2, 0.25) is 0 Å². The van der Waals surface area contributed by atoms with Gasteiger partial charge in [0, 0.05) is 11.8 Å². The molecule has 2 aromatic carbocycles. The molecule has 2 heterocycles. The van der Waals surface area contributed by atoms with E-state index in [1.807, 2.05) is 42.5 Å². The van der Waals surface area contributed by atoms with Crippen LogP contribution in [0.4, 0.5) is 0 Å². The van der Waals surface area contributed by atoms with Crippen LogP contribution in [0.3, 0.4) is 0 Å². The van der Waals surface area contributed by atoms with Crippen molar-refractivity contribution in [2.75, 3.05) is 6.61 Å². The number of thiazole rings is 1. The molecule has 0 spiro atoms. The van der Waals surface area contributed by atoms with Crippen LogP contribution in [-0.2, 0) is 13.0 Å². The molecule has 0 atom stereocenters. The van der Waals surface area contributed by atoms with Crippen LogP contribution < -0.4 is 15.2 Å². The van der Waals surface area contributed by atoms with Gasteiger partial charge in [-0.1, -0.05) is 41.7 Å². The summed E-state index contributed by atoms with van der Waals surface area (Å²) in [7, 11) is 0.